The Labute approximate surface area is 75.1 Å². The van der Waals surface area contributed by atoms with Crippen molar-refractivity contribution < 1.29 is 4.74 Å². The van der Waals surface area contributed by atoms with Gasteiger partial charge in [0.1, 0.15) is 0 Å². The Morgan fingerprint density at radius 1 is 1.58 bits per heavy atom. The Kier molecular flexibility index (Phi) is 3.10. The van der Waals surface area contributed by atoms with Crippen molar-refractivity contribution >= 4 is 0 Å². The average molecular weight is 166 g/mol. The molecule has 68 valence electrons. The van der Waals surface area contributed by atoms with E-state index >= 15 is 0 Å². The molecule has 1 nitrogen and oxygen atoms in total. The minimum atomic E-state index is 0.332. The maximum Gasteiger partial charge on any atom is 0.0652 e. The summed E-state index contributed by atoms with van der Waals surface area (Å²) in [7, 11) is 0. The summed E-state index contributed by atoms with van der Waals surface area (Å²) < 4.78 is 5.75. The molecule has 1 heteroatoms. The van der Waals surface area contributed by atoms with Crippen molar-refractivity contribution in [2.75, 3.05) is 0 Å². The molecule has 1 heterocycles. The molecular weight excluding hydrogens is 148 g/mol. The molecule has 0 aromatic carbocycles. The fourth-order valence-electron chi connectivity index (χ4n) is 1.75. The third-order valence-corrected chi connectivity index (χ3v) is 2.09. The van der Waals surface area contributed by atoms with Gasteiger partial charge in [0.25, 0.3) is 0 Å². The van der Waals surface area contributed by atoms with E-state index in [-0.39, 0.29) is 0 Å². The molecule has 2 atom stereocenters. The van der Waals surface area contributed by atoms with Crippen LogP contribution in [0.4, 0.5) is 0 Å². The Balaban J connectivity index is 2.44. The third-order valence-electron chi connectivity index (χ3n) is 2.09. The monoisotopic (exact) mass is 166 g/mol. The summed E-state index contributed by atoms with van der Waals surface area (Å²) >= 11 is 0. The average Bonchev–Trinajstić information content (AvgIpc) is 1.81. The van der Waals surface area contributed by atoms with Gasteiger partial charge in [-0.05, 0) is 33.1 Å². The fraction of sp³-hybridized carbons (Fsp3) is 0.636. The van der Waals surface area contributed by atoms with Crippen molar-refractivity contribution in [3.8, 4) is 0 Å². The van der Waals surface area contributed by atoms with Crippen molar-refractivity contribution in [2.24, 2.45) is 0 Å². The molecule has 0 radical (unpaired) electrons. The van der Waals surface area contributed by atoms with Crippen molar-refractivity contribution in [3.63, 3.8) is 0 Å². The Morgan fingerprint density at radius 2 is 2.25 bits per heavy atom. The van der Waals surface area contributed by atoms with E-state index in [0.717, 1.165) is 19.3 Å². The first-order valence-corrected chi connectivity index (χ1v) is 4.54. The number of hydrogen-bond acceptors (Lipinski definition) is 1. The molecule has 0 bridgehead atoms. The second-order valence-corrected chi connectivity index (χ2v) is 3.89. The summed E-state index contributed by atoms with van der Waals surface area (Å²) in [6.45, 7) is 12.1. The largest absolute Gasteiger partial charge is 0.374 e. The maximum absolute atomic E-state index is 5.75. The van der Waals surface area contributed by atoms with Crippen LogP contribution in [0.15, 0.2) is 24.3 Å². The van der Waals surface area contributed by atoms with Crippen LogP contribution in [0.2, 0.25) is 0 Å². The molecule has 0 amide bonds. The molecule has 1 aliphatic rings. The molecule has 0 N–H and O–H groups in total. The molecule has 1 saturated heterocycles. The SMILES string of the molecule is C=C(C)C[C@@H]1CC(=C)C[C@H](C)O1. The van der Waals surface area contributed by atoms with Gasteiger partial charge in [0.15, 0.2) is 0 Å². The Bertz CT molecular complexity index is 191. The highest BCUT2D eigenvalue weighted by molar-refractivity contribution is 5.04. The molecule has 0 unspecified atom stereocenters. The highest BCUT2D eigenvalue weighted by Crippen LogP contribution is 2.25. The first-order chi connectivity index (χ1) is 5.58. The summed E-state index contributed by atoms with van der Waals surface area (Å²) in [5, 5.41) is 0. The van der Waals surface area contributed by atoms with Gasteiger partial charge in [-0.3, -0.25) is 0 Å². The summed E-state index contributed by atoms with van der Waals surface area (Å²) in [5.74, 6) is 0. The lowest BCUT2D eigenvalue weighted by Crippen LogP contribution is -2.26. The second-order valence-electron chi connectivity index (χ2n) is 3.89. The minimum Gasteiger partial charge on any atom is -0.374 e. The van der Waals surface area contributed by atoms with Crippen LogP contribution in [0.5, 0.6) is 0 Å². The van der Waals surface area contributed by atoms with E-state index in [1.165, 1.54) is 11.1 Å². The molecule has 1 aliphatic heterocycles. The van der Waals surface area contributed by atoms with Crippen molar-refractivity contribution in [3.05, 3.63) is 24.3 Å². The molecule has 0 aliphatic carbocycles. The summed E-state index contributed by atoms with van der Waals surface area (Å²) in [6.07, 6.45) is 3.68. The lowest BCUT2D eigenvalue weighted by molar-refractivity contribution is -0.0198. The van der Waals surface area contributed by atoms with Gasteiger partial charge in [0.2, 0.25) is 0 Å². The van der Waals surface area contributed by atoms with E-state index in [4.69, 9.17) is 4.74 Å². The van der Waals surface area contributed by atoms with Gasteiger partial charge in [-0.2, -0.15) is 0 Å². The Hall–Kier alpha value is -0.560. The van der Waals surface area contributed by atoms with Gasteiger partial charge in [0, 0.05) is 0 Å². The molecule has 0 aromatic rings. The molecule has 1 rings (SSSR count). The molecule has 0 spiro atoms. The number of rotatable bonds is 2. The van der Waals surface area contributed by atoms with Crippen LogP contribution in [0.3, 0.4) is 0 Å². The predicted octanol–water partition coefficient (Wildman–Crippen LogP) is 3.08. The van der Waals surface area contributed by atoms with Crippen LogP contribution in [0.25, 0.3) is 0 Å². The van der Waals surface area contributed by atoms with Gasteiger partial charge in [-0.25, -0.2) is 0 Å². The van der Waals surface area contributed by atoms with E-state index in [0.29, 0.717) is 12.2 Å². The lowest BCUT2D eigenvalue weighted by Gasteiger charge is -2.29. The summed E-state index contributed by atoms with van der Waals surface area (Å²) in [5.41, 5.74) is 2.52. The zero-order valence-electron chi connectivity index (χ0n) is 8.10. The zero-order chi connectivity index (χ0) is 9.14. The van der Waals surface area contributed by atoms with E-state index in [1.54, 1.807) is 0 Å². The summed E-state index contributed by atoms with van der Waals surface area (Å²) in [4.78, 5) is 0. The van der Waals surface area contributed by atoms with Gasteiger partial charge < -0.3 is 4.74 Å². The highest BCUT2D eigenvalue weighted by atomic mass is 16.5. The van der Waals surface area contributed by atoms with Gasteiger partial charge in [0.05, 0.1) is 12.2 Å². The van der Waals surface area contributed by atoms with Gasteiger partial charge in [-0.1, -0.05) is 17.7 Å². The van der Waals surface area contributed by atoms with Crippen molar-refractivity contribution in [2.45, 2.75) is 45.3 Å². The summed E-state index contributed by atoms with van der Waals surface area (Å²) in [6, 6.07) is 0. The molecule has 0 aromatic heterocycles. The first-order valence-electron chi connectivity index (χ1n) is 4.54. The van der Waals surface area contributed by atoms with Crippen molar-refractivity contribution in [1.29, 1.82) is 0 Å². The molecule has 12 heavy (non-hydrogen) atoms. The number of hydrogen-bond donors (Lipinski definition) is 0. The Morgan fingerprint density at radius 3 is 2.75 bits per heavy atom. The van der Waals surface area contributed by atoms with Crippen molar-refractivity contribution in [1.82, 2.24) is 0 Å². The fourth-order valence-corrected chi connectivity index (χ4v) is 1.75. The molecule has 1 fully saturated rings. The van der Waals surface area contributed by atoms with Gasteiger partial charge >= 0.3 is 0 Å². The van der Waals surface area contributed by atoms with E-state index in [1.807, 2.05) is 6.92 Å². The van der Waals surface area contributed by atoms with E-state index in [9.17, 15) is 0 Å². The van der Waals surface area contributed by atoms with Crippen LogP contribution in [0, 0.1) is 0 Å². The van der Waals surface area contributed by atoms with Crippen LogP contribution in [0.1, 0.15) is 33.1 Å². The second kappa shape index (κ2) is 3.90. The zero-order valence-corrected chi connectivity index (χ0v) is 8.10. The van der Waals surface area contributed by atoms with Gasteiger partial charge in [-0.15, -0.1) is 6.58 Å². The minimum absolute atomic E-state index is 0.332. The highest BCUT2D eigenvalue weighted by Gasteiger charge is 2.21. The molecular formula is C11H18O. The van der Waals surface area contributed by atoms with Crippen LogP contribution in [-0.4, -0.2) is 12.2 Å². The van der Waals surface area contributed by atoms with Crippen LogP contribution in [-0.2, 0) is 4.74 Å². The standard InChI is InChI=1S/C11H18O/c1-8(2)5-11-7-9(3)6-10(4)12-11/h10-11H,1,3,5-7H2,2,4H3/t10-,11+/m0/s1. The molecule has 0 saturated carbocycles. The smallest absolute Gasteiger partial charge is 0.0652 e. The third kappa shape index (κ3) is 2.82. The predicted molar refractivity (Wildman–Crippen MR) is 52.1 cm³/mol. The lowest BCUT2D eigenvalue weighted by atomic mass is 9.96. The first kappa shape index (κ1) is 9.53. The topological polar surface area (TPSA) is 9.23 Å². The van der Waals surface area contributed by atoms with Crippen LogP contribution >= 0.6 is 0 Å². The van der Waals surface area contributed by atoms with Crippen LogP contribution < -0.4 is 0 Å². The quantitative estimate of drug-likeness (QED) is 0.573. The number of ether oxygens (including phenoxy) is 1. The van der Waals surface area contributed by atoms with E-state index in [2.05, 4.69) is 20.1 Å². The van der Waals surface area contributed by atoms with E-state index < -0.39 is 0 Å². The normalized spacial score (nSPS) is 30.3. The maximum atomic E-state index is 5.75.